The molecule has 1 rings (SSSR count). The first-order valence-electron chi connectivity index (χ1n) is 6.94. The number of rotatable bonds is 9. The number of carboxylic acids is 1. The Morgan fingerprint density at radius 3 is 2.68 bits per heavy atom. The molecule has 0 saturated carbocycles. The second kappa shape index (κ2) is 9.27. The number of carboxylic acid groups (broad SMARTS) is 1. The van der Waals surface area contributed by atoms with Crippen molar-refractivity contribution >= 4 is 29.2 Å². The number of benzene rings is 1. The van der Waals surface area contributed by atoms with Crippen LogP contribution in [0, 0.1) is 0 Å². The van der Waals surface area contributed by atoms with Gasteiger partial charge in [0, 0.05) is 18.7 Å². The molecule has 0 radical (unpaired) electrons. The number of carbonyl (C=O) groups is 2. The lowest BCUT2D eigenvalue weighted by Gasteiger charge is -2.10. The highest BCUT2D eigenvalue weighted by atomic mass is 35.5. The Kier molecular flexibility index (Phi) is 7.70. The van der Waals surface area contributed by atoms with Gasteiger partial charge in [-0.1, -0.05) is 11.6 Å². The average Bonchev–Trinajstić information content (AvgIpc) is 2.42. The van der Waals surface area contributed by atoms with E-state index in [9.17, 15) is 9.59 Å². The van der Waals surface area contributed by atoms with Gasteiger partial charge >= 0.3 is 5.97 Å². The Morgan fingerprint density at radius 1 is 1.36 bits per heavy atom. The van der Waals surface area contributed by atoms with Gasteiger partial charge in [-0.15, -0.1) is 0 Å². The van der Waals surface area contributed by atoms with Crippen LogP contribution in [0.5, 0.6) is 5.75 Å². The minimum absolute atomic E-state index is 0.136. The van der Waals surface area contributed by atoms with Crippen LogP contribution >= 0.6 is 11.6 Å². The molecule has 0 heterocycles. The van der Waals surface area contributed by atoms with Crippen LogP contribution in [0.4, 0.5) is 5.69 Å². The summed E-state index contributed by atoms with van der Waals surface area (Å²) in [5, 5.41) is 11.5. The van der Waals surface area contributed by atoms with E-state index in [2.05, 4.69) is 5.32 Å². The third kappa shape index (κ3) is 7.28. The van der Waals surface area contributed by atoms with Crippen LogP contribution in [-0.4, -0.2) is 36.3 Å². The van der Waals surface area contributed by atoms with Gasteiger partial charge in [0.15, 0.2) is 6.61 Å². The van der Waals surface area contributed by atoms with E-state index in [0.29, 0.717) is 25.1 Å². The third-order valence-electron chi connectivity index (χ3n) is 2.57. The molecule has 0 aliphatic rings. The minimum Gasteiger partial charge on any atom is -0.480 e. The summed E-state index contributed by atoms with van der Waals surface area (Å²) < 4.78 is 10.4. The fourth-order valence-corrected chi connectivity index (χ4v) is 1.85. The largest absolute Gasteiger partial charge is 0.480 e. The molecular weight excluding hydrogens is 310 g/mol. The zero-order valence-corrected chi connectivity index (χ0v) is 13.4. The lowest BCUT2D eigenvalue weighted by molar-refractivity contribution is -0.139. The predicted octanol–water partition coefficient (Wildman–Crippen LogP) is 2.95. The Hall–Kier alpha value is -1.79. The number of nitrogens with one attached hydrogen (secondary N) is 1. The number of amides is 1. The molecule has 0 bridgehead atoms. The second-order valence-electron chi connectivity index (χ2n) is 4.90. The van der Waals surface area contributed by atoms with E-state index in [0.717, 1.165) is 0 Å². The van der Waals surface area contributed by atoms with E-state index in [-0.39, 0.29) is 22.8 Å². The monoisotopic (exact) mass is 329 g/mol. The van der Waals surface area contributed by atoms with E-state index < -0.39 is 12.6 Å². The fourth-order valence-electron chi connectivity index (χ4n) is 1.61. The normalized spacial score (nSPS) is 10.5. The summed E-state index contributed by atoms with van der Waals surface area (Å²) in [5.74, 6) is -0.966. The molecule has 0 saturated heterocycles. The molecule has 0 aromatic heterocycles. The van der Waals surface area contributed by atoms with Crippen LogP contribution < -0.4 is 10.1 Å². The summed E-state index contributed by atoms with van der Waals surface area (Å²) in [7, 11) is 0. The van der Waals surface area contributed by atoms with Crippen molar-refractivity contribution in [3.8, 4) is 5.75 Å². The summed E-state index contributed by atoms with van der Waals surface area (Å²) in [4.78, 5) is 22.2. The van der Waals surface area contributed by atoms with Crippen molar-refractivity contribution < 1.29 is 24.2 Å². The van der Waals surface area contributed by atoms with Gasteiger partial charge in [0.05, 0.1) is 11.1 Å². The molecule has 0 spiro atoms. The van der Waals surface area contributed by atoms with Crippen LogP contribution in [0.1, 0.15) is 26.7 Å². The number of aliphatic carboxylic acids is 1. The number of halogens is 1. The first-order valence-corrected chi connectivity index (χ1v) is 7.32. The maximum Gasteiger partial charge on any atom is 0.341 e. The minimum atomic E-state index is -1.09. The van der Waals surface area contributed by atoms with Crippen molar-refractivity contribution in [3.05, 3.63) is 23.2 Å². The summed E-state index contributed by atoms with van der Waals surface area (Å²) in [5.41, 5.74) is 0.530. The van der Waals surface area contributed by atoms with Gasteiger partial charge in [-0.3, -0.25) is 4.79 Å². The summed E-state index contributed by atoms with van der Waals surface area (Å²) in [6.45, 7) is 3.95. The number of hydrogen-bond donors (Lipinski definition) is 2. The Labute approximate surface area is 134 Å². The maximum absolute atomic E-state index is 11.7. The molecule has 6 nitrogen and oxygen atoms in total. The zero-order chi connectivity index (χ0) is 16.5. The standard InChI is InChI=1S/C15H20ClNO5/c1-10(2)21-7-3-4-14(18)17-11-5-6-13(12(16)8-11)22-9-15(19)20/h5-6,8,10H,3-4,7,9H2,1-2H3,(H,17,18)(H,19,20). The first kappa shape index (κ1) is 18.3. The highest BCUT2D eigenvalue weighted by Gasteiger charge is 2.08. The average molecular weight is 330 g/mol. The number of anilines is 1. The topological polar surface area (TPSA) is 84.9 Å². The summed E-state index contributed by atoms with van der Waals surface area (Å²) in [6, 6.07) is 4.63. The lowest BCUT2D eigenvalue weighted by atomic mass is 10.2. The maximum atomic E-state index is 11.7. The lowest BCUT2D eigenvalue weighted by Crippen LogP contribution is -2.13. The zero-order valence-electron chi connectivity index (χ0n) is 12.6. The van der Waals surface area contributed by atoms with Crippen molar-refractivity contribution in [1.82, 2.24) is 0 Å². The molecule has 7 heteroatoms. The molecular formula is C15H20ClNO5. The molecule has 22 heavy (non-hydrogen) atoms. The highest BCUT2D eigenvalue weighted by molar-refractivity contribution is 6.32. The number of hydrogen-bond acceptors (Lipinski definition) is 4. The van der Waals surface area contributed by atoms with Gasteiger partial charge in [0.2, 0.25) is 5.91 Å². The van der Waals surface area contributed by atoms with E-state index in [1.807, 2.05) is 13.8 Å². The molecule has 0 fully saturated rings. The molecule has 1 aromatic rings. The SMILES string of the molecule is CC(C)OCCCC(=O)Nc1ccc(OCC(=O)O)c(Cl)c1. The molecule has 0 aliphatic heterocycles. The number of ether oxygens (including phenoxy) is 2. The van der Waals surface area contributed by atoms with Gasteiger partial charge < -0.3 is 19.9 Å². The van der Waals surface area contributed by atoms with Gasteiger partial charge in [0.25, 0.3) is 0 Å². The van der Waals surface area contributed by atoms with Crippen molar-refractivity contribution in [2.75, 3.05) is 18.5 Å². The van der Waals surface area contributed by atoms with E-state index in [4.69, 9.17) is 26.2 Å². The van der Waals surface area contributed by atoms with Crippen LogP contribution in [0.25, 0.3) is 0 Å². The van der Waals surface area contributed by atoms with Crippen LogP contribution in [0.3, 0.4) is 0 Å². The molecule has 122 valence electrons. The van der Waals surface area contributed by atoms with Crippen molar-refractivity contribution in [2.45, 2.75) is 32.8 Å². The van der Waals surface area contributed by atoms with Gasteiger partial charge in [-0.25, -0.2) is 4.79 Å². The fraction of sp³-hybridized carbons (Fsp3) is 0.467. The van der Waals surface area contributed by atoms with Gasteiger partial charge in [0.1, 0.15) is 5.75 Å². The molecule has 1 amide bonds. The van der Waals surface area contributed by atoms with E-state index in [1.54, 1.807) is 6.07 Å². The second-order valence-corrected chi connectivity index (χ2v) is 5.31. The molecule has 0 aliphatic carbocycles. The third-order valence-corrected chi connectivity index (χ3v) is 2.86. The first-order chi connectivity index (χ1) is 10.4. The van der Waals surface area contributed by atoms with E-state index in [1.165, 1.54) is 12.1 Å². The van der Waals surface area contributed by atoms with Crippen molar-refractivity contribution in [2.24, 2.45) is 0 Å². The molecule has 0 unspecified atom stereocenters. The van der Waals surface area contributed by atoms with E-state index >= 15 is 0 Å². The summed E-state index contributed by atoms with van der Waals surface area (Å²) >= 11 is 5.97. The summed E-state index contributed by atoms with van der Waals surface area (Å²) in [6.07, 6.45) is 1.14. The van der Waals surface area contributed by atoms with Gasteiger partial charge in [-0.05, 0) is 38.5 Å². The van der Waals surface area contributed by atoms with Crippen LogP contribution in [0.2, 0.25) is 5.02 Å². The van der Waals surface area contributed by atoms with Crippen LogP contribution in [0.15, 0.2) is 18.2 Å². The molecule has 0 atom stereocenters. The van der Waals surface area contributed by atoms with Crippen LogP contribution in [-0.2, 0) is 14.3 Å². The predicted molar refractivity (Wildman–Crippen MR) is 83.5 cm³/mol. The van der Waals surface area contributed by atoms with Crippen molar-refractivity contribution in [1.29, 1.82) is 0 Å². The quantitative estimate of drug-likeness (QED) is 0.680. The highest BCUT2D eigenvalue weighted by Crippen LogP contribution is 2.27. The molecule has 1 aromatic carbocycles. The Balaban J connectivity index is 2.44. The smallest absolute Gasteiger partial charge is 0.341 e. The number of carbonyl (C=O) groups excluding carboxylic acids is 1. The Bertz CT molecular complexity index is 519. The van der Waals surface area contributed by atoms with Gasteiger partial charge in [-0.2, -0.15) is 0 Å². The van der Waals surface area contributed by atoms with Crippen molar-refractivity contribution in [3.63, 3.8) is 0 Å². The Morgan fingerprint density at radius 2 is 2.09 bits per heavy atom. The molecule has 2 N–H and O–H groups in total.